The minimum Gasteiger partial charge on any atom is -0.507 e. The summed E-state index contributed by atoms with van der Waals surface area (Å²) < 4.78 is 10.8. The highest BCUT2D eigenvalue weighted by atomic mass is 16.5. The van der Waals surface area contributed by atoms with Gasteiger partial charge < -0.3 is 24.4 Å². The van der Waals surface area contributed by atoms with E-state index >= 15 is 0 Å². The Labute approximate surface area is 207 Å². The van der Waals surface area contributed by atoms with Crippen molar-refractivity contribution in [3.63, 3.8) is 0 Å². The van der Waals surface area contributed by atoms with Gasteiger partial charge in [-0.1, -0.05) is 38.6 Å². The van der Waals surface area contributed by atoms with Gasteiger partial charge in [0.25, 0.3) is 11.7 Å². The Bertz CT molecular complexity index is 1060. The van der Waals surface area contributed by atoms with Crippen LogP contribution < -0.4 is 9.47 Å². The van der Waals surface area contributed by atoms with Crippen LogP contribution in [0, 0.1) is 0 Å². The Kier molecular flexibility index (Phi) is 9.09. The van der Waals surface area contributed by atoms with Crippen molar-refractivity contribution in [3.05, 3.63) is 77.9 Å². The highest BCUT2D eigenvalue weighted by Crippen LogP contribution is 2.40. The molecule has 1 aliphatic heterocycles. The number of benzene rings is 2. The van der Waals surface area contributed by atoms with E-state index in [1.54, 1.807) is 54.5 Å². The molecule has 7 nitrogen and oxygen atoms in total. The van der Waals surface area contributed by atoms with Gasteiger partial charge in [0.05, 0.1) is 18.7 Å². The Hall–Kier alpha value is -3.58. The third-order valence-electron chi connectivity index (χ3n) is 6.23. The van der Waals surface area contributed by atoms with E-state index < -0.39 is 17.7 Å². The van der Waals surface area contributed by atoms with E-state index in [0.717, 1.165) is 25.2 Å². The van der Waals surface area contributed by atoms with Gasteiger partial charge in [0.1, 0.15) is 23.9 Å². The molecule has 1 atom stereocenters. The predicted molar refractivity (Wildman–Crippen MR) is 137 cm³/mol. The number of rotatable bonds is 12. The third-order valence-corrected chi connectivity index (χ3v) is 6.23. The molecule has 1 fully saturated rings. The Morgan fingerprint density at radius 3 is 2.26 bits per heavy atom. The minimum atomic E-state index is -0.692. The molecule has 35 heavy (non-hydrogen) atoms. The molecule has 1 amide bonds. The molecule has 0 bridgehead atoms. The number of ether oxygens (including phenoxy) is 2. The number of hydrogen-bond acceptors (Lipinski definition) is 6. The lowest BCUT2D eigenvalue weighted by Gasteiger charge is -2.27. The molecule has 0 radical (unpaired) electrons. The molecule has 1 heterocycles. The Balaban J connectivity index is 2.00. The summed E-state index contributed by atoms with van der Waals surface area (Å²) >= 11 is 0. The number of Topliss-reactive ketones (excluding diaryl/α,β-unsaturated/α-hetero) is 1. The van der Waals surface area contributed by atoms with Crippen LogP contribution in [0.5, 0.6) is 11.5 Å². The van der Waals surface area contributed by atoms with E-state index in [0.29, 0.717) is 36.6 Å². The number of hydrogen-bond donors (Lipinski definition) is 1. The summed E-state index contributed by atoms with van der Waals surface area (Å²) in [5.74, 6) is -0.198. The van der Waals surface area contributed by atoms with Crippen LogP contribution in [0.15, 0.2) is 66.8 Å². The molecule has 1 saturated heterocycles. The molecule has 3 rings (SSSR count). The van der Waals surface area contributed by atoms with Crippen molar-refractivity contribution in [2.45, 2.75) is 26.3 Å². The average Bonchev–Trinajstić information content (AvgIpc) is 3.14. The Morgan fingerprint density at radius 2 is 1.69 bits per heavy atom. The first-order valence-electron chi connectivity index (χ1n) is 11.9. The van der Waals surface area contributed by atoms with Crippen molar-refractivity contribution in [2.75, 3.05) is 39.9 Å². The number of carbonyl (C=O) groups is 2. The summed E-state index contributed by atoms with van der Waals surface area (Å²) in [6.45, 7) is 11.3. The average molecular weight is 479 g/mol. The van der Waals surface area contributed by atoms with Crippen LogP contribution >= 0.6 is 0 Å². The lowest BCUT2D eigenvalue weighted by Crippen LogP contribution is -2.33. The molecule has 1 N–H and O–H groups in total. The summed E-state index contributed by atoms with van der Waals surface area (Å²) in [6, 6.07) is 13.3. The first-order chi connectivity index (χ1) is 16.9. The minimum absolute atomic E-state index is 0.0859. The van der Waals surface area contributed by atoms with Gasteiger partial charge in [-0.25, -0.2) is 0 Å². The van der Waals surface area contributed by atoms with Gasteiger partial charge in [-0.05, 0) is 68.0 Å². The van der Waals surface area contributed by atoms with Crippen molar-refractivity contribution in [1.82, 2.24) is 9.80 Å². The van der Waals surface area contributed by atoms with E-state index in [4.69, 9.17) is 9.47 Å². The fraction of sp³-hybridized carbons (Fsp3) is 0.357. The highest BCUT2D eigenvalue weighted by Gasteiger charge is 2.45. The summed E-state index contributed by atoms with van der Waals surface area (Å²) in [7, 11) is 1.56. The highest BCUT2D eigenvalue weighted by molar-refractivity contribution is 6.46. The number of aliphatic hydroxyl groups is 1. The van der Waals surface area contributed by atoms with Gasteiger partial charge in [0.2, 0.25) is 0 Å². The molecule has 186 valence electrons. The van der Waals surface area contributed by atoms with E-state index in [1.807, 2.05) is 12.1 Å². The second-order valence-electron chi connectivity index (χ2n) is 8.27. The van der Waals surface area contributed by atoms with Gasteiger partial charge in [0, 0.05) is 12.1 Å². The number of carbonyl (C=O) groups excluding carboxylic acids is 2. The quantitative estimate of drug-likeness (QED) is 0.211. The van der Waals surface area contributed by atoms with E-state index in [2.05, 4.69) is 25.3 Å². The zero-order chi connectivity index (χ0) is 25.4. The maximum Gasteiger partial charge on any atom is 0.295 e. The molecule has 0 unspecified atom stereocenters. The van der Waals surface area contributed by atoms with Crippen LogP contribution in [-0.2, 0) is 9.59 Å². The van der Waals surface area contributed by atoms with E-state index in [-0.39, 0.29) is 11.3 Å². The molecule has 2 aromatic rings. The van der Waals surface area contributed by atoms with Crippen molar-refractivity contribution in [3.8, 4) is 11.5 Å². The number of methoxy groups -OCH3 is 1. The number of ketones is 1. The van der Waals surface area contributed by atoms with Crippen molar-refractivity contribution >= 4 is 17.4 Å². The van der Waals surface area contributed by atoms with Crippen LogP contribution in [0.4, 0.5) is 0 Å². The van der Waals surface area contributed by atoms with Gasteiger partial charge in [-0.2, -0.15) is 0 Å². The van der Waals surface area contributed by atoms with Crippen LogP contribution in [0.1, 0.15) is 37.4 Å². The number of amides is 1. The topological polar surface area (TPSA) is 79.3 Å². The van der Waals surface area contributed by atoms with Gasteiger partial charge in [-0.3, -0.25) is 9.59 Å². The first-order valence-corrected chi connectivity index (χ1v) is 11.9. The number of likely N-dealkylation sites (tertiary alicyclic amines) is 1. The van der Waals surface area contributed by atoms with Crippen LogP contribution in [0.25, 0.3) is 5.76 Å². The molecule has 0 aromatic heterocycles. The summed E-state index contributed by atoms with van der Waals surface area (Å²) in [5.41, 5.74) is 1.26. The van der Waals surface area contributed by atoms with Crippen molar-refractivity contribution in [2.24, 2.45) is 0 Å². The number of aliphatic hydroxyl groups excluding tert-OH is 1. The van der Waals surface area contributed by atoms with E-state index in [9.17, 15) is 14.7 Å². The van der Waals surface area contributed by atoms with Gasteiger partial charge in [-0.15, -0.1) is 0 Å². The lowest BCUT2D eigenvalue weighted by atomic mass is 9.95. The zero-order valence-corrected chi connectivity index (χ0v) is 20.7. The Morgan fingerprint density at radius 1 is 1.06 bits per heavy atom. The second-order valence-corrected chi connectivity index (χ2v) is 8.27. The number of nitrogens with zero attached hydrogens (tertiary/aromatic N) is 2. The van der Waals surface area contributed by atoms with Crippen LogP contribution in [-0.4, -0.2) is 66.5 Å². The van der Waals surface area contributed by atoms with Crippen LogP contribution in [0.3, 0.4) is 0 Å². The first kappa shape index (κ1) is 26.0. The largest absolute Gasteiger partial charge is 0.507 e. The van der Waals surface area contributed by atoms with Gasteiger partial charge >= 0.3 is 0 Å². The molecule has 1 aliphatic rings. The SMILES string of the molecule is C=CCOc1ccc([C@H]2C(=C(O)c3ccc(OC)cc3)C(=O)C(=O)N2CCCN(CC)CC)cc1. The predicted octanol–water partition coefficient (Wildman–Crippen LogP) is 4.41. The standard InChI is InChI=1S/C28H34N2O5/c1-5-19-35-23-15-9-20(10-16-23)25-24(26(31)21-11-13-22(34-4)14-12-21)27(32)28(33)30(25)18-8-17-29(6-2)7-3/h5,9-16,25,31H,1,6-8,17-19H2,2-4H3/t25-/m0/s1. The summed E-state index contributed by atoms with van der Waals surface area (Å²) in [5, 5.41) is 11.2. The monoisotopic (exact) mass is 478 g/mol. The molecular weight excluding hydrogens is 444 g/mol. The summed E-state index contributed by atoms with van der Waals surface area (Å²) in [6.07, 6.45) is 2.38. The fourth-order valence-electron chi connectivity index (χ4n) is 4.27. The van der Waals surface area contributed by atoms with Crippen LogP contribution in [0.2, 0.25) is 0 Å². The third kappa shape index (κ3) is 5.92. The fourth-order valence-corrected chi connectivity index (χ4v) is 4.27. The molecule has 7 heteroatoms. The smallest absolute Gasteiger partial charge is 0.295 e. The van der Waals surface area contributed by atoms with Crippen molar-refractivity contribution in [1.29, 1.82) is 0 Å². The maximum atomic E-state index is 13.2. The second kappa shape index (κ2) is 12.2. The van der Waals surface area contributed by atoms with Gasteiger partial charge in [0.15, 0.2) is 0 Å². The molecule has 0 saturated carbocycles. The molecule has 0 spiro atoms. The maximum absolute atomic E-state index is 13.2. The van der Waals surface area contributed by atoms with Crippen molar-refractivity contribution < 1.29 is 24.2 Å². The summed E-state index contributed by atoms with van der Waals surface area (Å²) in [4.78, 5) is 30.1. The molecule has 2 aromatic carbocycles. The van der Waals surface area contributed by atoms with E-state index in [1.165, 1.54) is 0 Å². The lowest BCUT2D eigenvalue weighted by molar-refractivity contribution is -0.140. The molecule has 0 aliphatic carbocycles. The normalized spacial score (nSPS) is 17.1. The molecular formula is C28H34N2O5. The zero-order valence-electron chi connectivity index (χ0n) is 20.7.